The Kier molecular flexibility index (Phi) is 7.92. The summed E-state index contributed by atoms with van der Waals surface area (Å²) < 4.78 is 44.5. The topological polar surface area (TPSA) is 99.1 Å². The highest BCUT2D eigenvalue weighted by molar-refractivity contribution is 5.90. The monoisotopic (exact) mass is 468 g/mol. The van der Waals surface area contributed by atoms with Gasteiger partial charge in [-0.1, -0.05) is 26.2 Å². The molecule has 0 spiro atoms. The maximum Gasteiger partial charge on any atom is 0.514 e. The molecule has 0 saturated heterocycles. The molecule has 0 radical (unpaired) electrons. The van der Waals surface area contributed by atoms with Crippen molar-refractivity contribution in [2.24, 2.45) is 5.92 Å². The van der Waals surface area contributed by atoms with E-state index in [1.54, 1.807) is 0 Å². The summed E-state index contributed by atoms with van der Waals surface area (Å²) in [5.41, 5.74) is -0.567. The average molecular weight is 468 g/mol. The van der Waals surface area contributed by atoms with Crippen LogP contribution in [0.5, 0.6) is 5.75 Å². The molecule has 1 aromatic rings. The molecule has 2 aliphatic carbocycles. The van der Waals surface area contributed by atoms with Gasteiger partial charge in [0.15, 0.2) is 6.10 Å². The number of esters is 1. The van der Waals surface area contributed by atoms with E-state index in [0.717, 1.165) is 32.1 Å². The third-order valence-electron chi connectivity index (χ3n) is 6.70. The molecule has 33 heavy (non-hydrogen) atoms. The van der Waals surface area contributed by atoms with Crippen LogP contribution in [0.4, 0.5) is 13.6 Å². The van der Waals surface area contributed by atoms with E-state index in [1.807, 2.05) is 6.92 Å². The first-order valence-electron chi connectivity index (χ1n) is 11.5. The zero-order valence-electron chi connectivity index (χ0n) is 18.7. The van der Waals surface area contributed by atoms with Gasteiger partial charge in [0.25, 0.3) is 0 Å². The quantitative estimate of drug-likeness (QED) is 0.383. The predicted molar refractivity (Wildman–Crippen MR) is 113 cm³/mol. The van der Waals surface area contributed by atoms with Crippen LogP contribution in [-0.2, 0) is 14.3 Å². The number of aliphatic carboxylic acids is 1. The van der Waals surface area contributed by atoms with Crippen molar-refractivity contribution in [3.05, 3.63) is 29.8 Å². The van der Waals surface area contributed by atoms with E-state index in [9.17, 15) is 23.2 Å². The second-order valence-corrected chi connectivity index (χ2v) is 8.87. The fourth-order valence-electron chi connectivity index (χ4n) is 4.71. The standard InChI is InChI=1S/C24H30F2O7/c1-2-23(14-6-7-15-23)33-22(30)31-18-12-10-17(11-13-18)20(27)32-19(24(25,26)21(28)29)16-8-4-3-5-9-16/h10-13,16,19H,2-9,14-15H2,1H3,(H,28,29). The highest BCUT2D eigenvalue weighted by atomic mass is 19.3. The van der Waals surface area contributed by atoms with Crippen molar-refractivity contribution in [1.29, 1.82) is 0 Å². The minimum atomic E-state index is -4.19. The molecule has 1 atom stereocenters. The van der Waals surface area contributed by atoms with Gasteiger partial charge in [-0.3, -0.25) is 0 Å². The van der Waals surface area contributed by atoms with E-state index in [0.29, 0.717) is 32.1 Å². The third-order valence-corrected chi connectivity index (χ3v) is 6.70. The van der Waals surface area contributed by atoms with Crippen LogP contribution in [-0.4, -0.2) is 40.8 Å². The Balaban J connectivity index is 1.64. The lowest BCUT2D eigenvalue weighted by molar-refractivity contribution is -0.189. The van der Waals surface area contributed by atoms with Crippen molar-refractivity contribution >= 4 is 18.1 Å². The van der Waals surface area contributed by atoms with Gasteiger partial charge in [-0.2, -0.15) is 8.78 Å². The number of hydrogen-bond acceptors (Lipinski definition) is 6. The van der Waals surface area contributed by atoms with Gasteiger partial charge in [-0.05, 0) is 69.2 Å². The molecule has 182 valence electrons. The first-order chi connectivity index (χ1) is 15.7. The number of halogens is 2. The molecule has 0 aliphatic heterocycles. The minimum absolute atomic E-state index is 0.0569. The van der Waals surface area contributed by atoms with E-state index in [1.165, 1.54) is 24.3 Å². The molecule has 0 amide bonds. The summed E-state index contributed by atoms with van der Waals surface area (Å²) in [6.07, 6.45) is 4.31. The Labute approximate surface area is 191 Å². The molecule has 3 rings (SSSR count). The summed E-state index contributed by atoms with van der Waals surface area (Å²) in [5, 5.41) is 8.98. The fourth-order valence-corrected chi connectivity index (χ4v) is 4.71. The lowest BCUT2D eigenvalue weighted by Gasteiger charge is -2.33. The second-order valence-electron chi connectivity index (χ2n) is 8.87. The second kappa shape index (κ2) is 10.5. The fraction of sp³-hybridized carbons (Fsp3) is 0.625. The van der Waals surface area contributed by atoms with Crippen LogP contribution in [0.3, 0.4) is 0 Å². The van der Waals surface area contributed by atoms with Crippen molar-refractivity contribution in [3.63, 3.8) is 0 Å². The molecule has 9 heteroatoms. The summed E-state index contributed by atoms with van der Waals surface area (Å²) >= 11 is 0. The highest BCUT2D eigenvalue weighted by Gasteiger charge is 2.53. The van der Waals surface area contributed by atoms with Crippen LogP contribution in [0.2, 0.25) is 0 Å². The number of rotatable bonds is 8. The lowest BCUT2D eigenvalue weighted by atomic mass is 9.83. The Morgan fingerprint density at radius 3 is 2.21 bits per heavy atom. The zero-order chi connectivity index (χ0) is 24.1. The summed E-state index contributed by atoms with van der Waals surface area (Å²) in [7, 11) is 0. The third kappa shape index (κ3) is 6.00. The van der Waals surface area contributed by atoms with Crippen LogP contribution in [0.15, 0.2) is 24.3 Å². The Morgan fingerprint density at radius 1 is 1.06 bits per heavy atom. The van der Waals surface area contributed by atoms with Gasteiger partial charge in [0.05, 0.1) is 5.56 Å². The molecule has 2 fully saturated rings. The van der Waals surface area contributed by atoms with Crippen LogP contribution >= 0.6 is 0 Å². The Morgan fingerprint density at radius 2 is 1.67 bits per heavy atom. The van der Waals surface area contributed by atoms with E-state index < -0.39 is 41.6 Å². The number of ether oxygens (including phenoxy) is 3. The van der Waals surface area contributed by atoms with Gasteiger partial charge >= 0.3 is 24.0 Å². The number of carbonyl (C=O) groups is 3. The van der Waals surface area contributed by atoms with E-state index >= 15 is 0 Å². The summed E-state index contributed by atoms with van der Waals surface area (Å²) in [5.74, 6) is -8.18. The number of carboxylic acid groups (broad SMARTS) is 1. The molecule has 1 unspecified atom stereocenters. The van der Waals surface area contributed by atoms with Gasteiger partial charge in [-0.15, -0.1) is 0 Å². The van der Waals surface area contributed by atoms with Crippen molar-refractivity contribution in [2.75, 3.05) is 0 Å². The average Bonchev–Trinajstić information content (AvgIpc) is 3.26. The van der Waals surface area contributed by atoms with Crippen molar-refractivity contribution in [2.45, 2.75) is 88.8 Å². The predicted octanol–water partition coefficient (Wildman–Crippen LogP) is 5.75. The molecule has 0 aromatic heterocycles. The molecule has 2 aliphatic rings. The van der Waals surface area contributed by atoms with Crippen molar-refractivity contribution in [1.82, 2.24) is 0 Å². The summed E-state index contributed by atoms with van der Waals surface area (Å²) in [6.45, 7) is 1.95. The highest BCUT2D eigenvalue weighted by Crippen LogP contribution is 2.37. The maximum absolute atomic E-state index is 14.4. The molecule has 1 N–H and O–H groups in total. The lowest BCUT2D eigenvalue weighted by Crippen LogP contribution is -2.48. The molecule has 0 bridgehead atoms. The Hall–Kier alpha value is -2.71. The molecule has 2 saturated carbocycles. The van der Waals surface area contributed by atoms with E-state index in [4.69, 9.17) is 19.3 Å². The maximum atomic E-state index is 14.4. The summed E-state index contributed by atoms with van der Waals surface area (Å²) in [6, 6.07) is 5.20. The zero-order valence-corrected chi connectivity index (χ0v) is 18.7. The SMILES string of the molecule is CCC1(OC(=O)Oc2ccc(C(=O)OC(C3CCCCC3)C(F)(F)C(=O)O)cc2)CCCC1. The van der Waals surface area contributed by atoms with E-state index in [-0.39, 0.29) is 11.3 Å². The van der Waals surface area contributed by atoms with Crippen molar-refractivity contribution in [3.8, 4) is 5.75 Å². The van der Waals surface area contributed by atoms with Gasteiger partial charge < -0.3 is 19.3 Å². The van der Waals surface area contributed by atoms with Crippen LogP contribution < -0.4 is 4.74 Å². The first-order valence-corrected chi connectivity index (χ1v) is 11.5. The Bertz CT molecular complexity index is 841. The number of hydrogen-bond donors (Lipinski definition) is 1. The van der Waals surface area contributed by atoms with E-state index in [2.05, 4.69) is 0 Å². The largest absolute Gasteiger partial charge is 0.514 e. The smallest absolute Gasteiger partial charge is 0.477 e. The molecule has 7 nitrogen and oxygen atoms in total. The van der Waals surface area contributed by atoms with Gasteiger partial charge in [-0.25, -0.2) is 14.4 Å². The molecule has 0 heterocycles. The van der Waals surface area contributed by atoms with Crippen LogP contribution in [0, 0.1) is 5.92 Å². The minimum Gasteiger partial charge on any atom is -0.477 e. The van der Waals surface area contributed by atoms with Crippen LogP contribution in [0.1, 0.15) is 81.5 Å². The summed E-state index contributed by atoms with van der Waals surface area (Å²) in [4.78, 5) is 35.8. The van der Waals surface area contributed by atoms with Gasteiger partial charge in [0, 0.05) is 5.92 Å². The normalized spacial score (nSPS) is 19.5. The number of carboxylic acids is 1. The van der Waals surface area contributed by atoms with Crippen LogP contribution in [0.25, 0.3) is 0 Å². The van der Waals surface area contributed by atoms with Crippen molar-refractivity contribution < 1.29 is 42.5 Å². The molecular weight excluding hydrogens is 438 g/mol. The van der Waals surface area contributed by atoms with Gasteiger partial charge in [0.1, 0.15) is 11.4 Å². The first kappa shape index (κ1) is 24.9. The number of alkyl halides is 2. The number of benzene rings is 1. The molecule has 1 aromatic carbocycles. The molecular formula is C24H30F2O7. The number of carbonyl (C=O) groups excluding carboxylic acids is 2. The van der Waals surface area contributed by atoms with Gasteiger partial charge in [0.2, 0.25) is 0 Å².